The molecule has 2 aromatic heterocycles. The number of carbonyl (C=O) groups excluding carboxylic acids is 2. The number of Topliss-reactive ketones (excluding diaryl/α,β-unsaturated/α-hetero) is 1. The number of pyridine rings is 2. The zero-order chi connectivity index (χ0) is 21.3. The van der Waals surface area contributed by atoms with Crippen molar-refractivity contribution in [3.8, 4) is 5.75 Å². The van der Waals surface area contributed by atoms with Crippen LogP contribution < -0.4 is 9.64 Å². The summed E-state index contributed by atoms with van der Waals surface area (Å²) in [4.78, 5) is 35.3. The lowest BCUT2D eigenvalue weighted by molar-refractivity contribution is -0.132. The Morgan fingerprint density at radius 2 is 1.97 bits per heavy atom. The number of halogens is 1. The average Bonchev–Trinajstić information content (AvgIpc) is 3.05. The summed E-state index contributed by atoms with van der Waals surface area (Å²) in [6.07, 6.45) is 4.53. The normalized spacial score (nSPS) is 17.9. The molecule has 1 amide bonds. The van der Waals surface area contributed by atoms with Crippen LogP contribution >= 0.6 is 0 Å². The summed E-state index contributed by atoms with van der Waals surface area (Å²) in [7, 11) is 1.36. The van der Waals surface area contributed by atoms with E-state index in [1.54, 1.807) is 36.5 Å². The number of hydrogen-bond donors (Lipinski definition) is 1. The molecular formula is C22H16FN3O4. The maximum atomic E-state index is 13.9. The van der Waals surface area contributed by atoms with Crippen molar-refractivity contribution in [2.45, 2.75) is 6.04 Å². The van der Waals surface area contributed by atoms with Gasteiger partial charge in [-0.25, -0.2) is 9.37 Å². The number of ether oxygens (including phenoxy) is 1. The topological polar surface area (TPSA) is 92.6 Å². The number of ketones is 1. The lowest BCUT2D eigenvalue weighted by Gasteiger charge is -2.24. The smallest absolute Gasteiger partial charge is 0.301 e. The molecular weight excluding hydrogens is 389 g/mol. The third kappa shape index (κ3) is 3.18. The highest BCUT2D eigenvalue weighted by molar-refractivity contribution is 6.51. The quantitative estimate of drug-likeness (QED) is 0.407. The van der Waals surface area contributed by atoms with Crippen LogP contribution in [0.2, 0.25) is 0 Å². The molecule has 3 heterocycles. The molecule has 1 atom stereocenters. The van der Waals surface area contributed by atoms with E-state index in [4.69, 9.17) is 4.74 Å². The fourth-order valence-corrected chi connectivity index (χ4v) is 3.43. The summed E-state index contributed by atoms with van der Waals surface area (Å²) < 4.78 is 19.1. The molecule has 0 saturated carbocycles. The molecule has 0 aliphatic carbocycles. The van der Waals surface area contributed by atoms with Crippen LogP contribution in [-0.4, -0.2) is 33.9 Å². The van der Waals surface area contributed by atoms with Gasteiger partial charge in [-0.1, -0.05) is 12.1 Å². The Balaban J connectivity index is 1.98. The van der Waals surface area contributed by atoms with E-state index in [-0.39, 0.29) is 22.7 Å². The predicted octanol–water partition coefficient (Wildman–Crippen LogP) is 3.25. The first-order valence-electron chi connectivity index (χ1n) is 8.98. The third-order valence-electron chi connectivity index (χ3n) is 4.76. The molecule has 30 heavy (non-hydrogen) atoms. The van der Waals surface area contributed by atoms with Crippen molar-refractivity contribution in [2.24, 2.45) is 0 Å². The molecule has 150 valence electrons. The highest BCUT2D eigenvalue weighted by Crippen LogP contribution is 2.42. The van der Waals surface area contributed by atoms with Crippen LogP contribution in [0.25, 0.3) is 5.76 Å². The molecule has 0 bridgehead atoms. The van der Waals surface area contributed by atoms with Gasteiger partial charge in [0.15, 0.2) is 0 Å². The maximum Gasteiger partial charge on any atom is 0.301 e. The predicted molar refractivity (Wildman–Crippen MR) is 106 cm³/mol. The number of anilines is 1. The summed E-state index contributed by atoms with van der Waals surface area (Å²) >= 11 is 0. The van der Waals surface area contributed by atoms with Gasteiger partial charge in [0.05, 0.1) is 24.3 Å². The number of hydrogen-bond acceptors (Lipinski definition) is 6. The fourth-order valence-electron chi connectivity index (χ4n) is 3.43. The minimum Gasteiger partial charge on any atom is -0.507 e. The first-order valence-corrected chi connectivity index (χ1v) is 8.98. The van der Waals surface area contributed by atoms with Crippen molar-refractivity contribution in [1.29, 1.82) is 0 Å². The van der Waals surface area contributed by atoms with Crippen LogP contribution in [0.3, 0.4) is 0 Å². The van der Waals surface area contributed by atoms with E-state index in [2.05, 4.69) is 9.97 Å². The van der Waals surface area contributed by atoms with Crippen molar-refractivity contribution in [3.63, 3.8) is 0 Å². The summed E-state index contributed by atoms with van der Waals surface area (Å²) in [6.45, 7) is 0. The van der Waals surface area contributed by atoms with Crippen LogP contribution in [-0.2, 0) is 9.59 Å². The van der Waals surface area contributed by atoms with Gasteiger partial charge in [0.1, 0.15) is 23.1 Å². The number of benzene rings is 1. The second kappa shape index (κ2) is 7.75. The number of aliphatic hydroxyl groups is 1. The van der Waals surface area contributed by atoms with Crippen LogP contribution in [0.5, 0.6) is 5.75 Å². The highest BCUT2D eigenvalue weighted by Gasteiger charge is 2.47. The minimum atomic E-state index is -0.999. The van der Waals surface area contributed by atoms with Crippen molar-refractivity contribution in [3.05, 3.63) is 89.6 Å². The lowest BCUT2D eigenvalue weighted by atomic mass is 9.96. The minimum absolute atomic E-state index is 0.0367. The van der Waals surface area contributed by atoms with Gasteiger partial charge in [-0.05, 0) is 42.0 Å². The SMILES string of the molecule is COc1ccc(F)cc1/C(O)=C1\C(=O)C(=O)N(c2ccccn2)[C@H]1c1cccnc1. The molecule has 1 aliphatic heterocycles. The van der Waals surface area contributed by atoms with Gasteiger partial charge in [-0.3, -0.25) is 19.5 Å². The molecule has 1 aliphatic rings. The summed E-state index contributed by atoms with van der Waals surface area (Å²) in [5.74, 6) is -2.56. The highest BCUT2D eigenvalue weighted by atomic mass is 19.1. The first-order chi connectivity index (χ1) is 14.5. The van der Waals surface area contributed by atoms with Gasteiger partial charge in [0.2, 0.25) is 0 Å². The number of nitrogens with zero attached hydrogens (tertiary/aromatic N) is 3. The van der Waals surface area contributed by atoms with Crippen molar-refractivity contribution >= 4 is 23.3 Å². The van der Waals surface area contributed by atoms with Gasteiger partial charge in [-0.15, -0.1) is 0 Å². The van der Waals surface area contributed by atoms with Gasteiger partial charge >= 0.3 is 5.91 Å². The van der Waals surface area contributed by atoms with Gasteiger partial charge in [-0.2, -0.15) is 0 Å². The van der Waals surface area contributed by atoms with E-state index >= 15 is 0 Å². The molecule has 1 saturated heterocycles. The second-order valence-electron chi connectivity index (χ2n) is 6.49. The molecule has 0 unspecified atom stereocenters. The number of carbonyl (C=O) groups is 2. The molecule has 0 spiro atoms. The van der Waals surface area contributed by atoms with Crippen molar-refractivity contribution in [2.75, 3.05) is 12.0 Å². The Labute approximate surface area is 171 Å². The van der Waals surface area contributed by atoms with E-state index in [0.29, 0.717) is 5.56 Å². The van der Waals surface area contributed by atoms with Crippen LogP contribution in [0.15, 0.2) is 72.7 Å². The van der Waals surface area contributed by atoms with E-state index in [1.807, 2.05) is 0 Å². The van der Waals surface area contributed by atoms with Crippen molar-refractivity contribution in [1.82, 2.24) is 9.97 Å². The number of methoxy groups -OCH3 is 1. The van der Waals surface area contributed by atoms with Gasteiger partial charge in [0, 0.05) is 18.6 Å². The largest absolute Gasteiger partial charge is 0.507 e. The molecule has 4 rings (SSSR count). The van der Waals surface area contributed by atoms with Crippen LogP contribution in [0.1, 0.15) is 17.2 Å². The molecule has 7 nitrogen and oxygen atoms in total. The van der Waals surface area contributed by atoms with E-state index in [0.717, 1.165) is 6.07 Å². The second-order valence-corrected chi connectivity index (χ2v) is 6.49. The zero-order valence-electron chi connectivity index (χ0n) is 15.8. The Hall–Kier alpha value is -4.07. The third-order valence-corrected chi connectivity index (χ3v) is 4.76. The Morgan fingerprint density at radius 3 is 2.63 bits per heavy atom. The van der Waals surface area contributed by atoms with Crippen LogP contribution in [0.4, 0.5) is 10.2 Å². The zero-order valence-corrected chi connectivity index (χ0v) is 15.8. The Morgan fingerprint density at radius 1 is 1.13 bits per heavy atom. The number of rotatable bonds is 4. The van der Waals surface area contributed by atoms with Crippen LogP contribution in [0, 0.1) is 5.82 Å². The van der Waals surface area contributed by atoms with E-state index in [1.165, 1.54) is 36.5 Å². The average molecular weight is 405 g/mol. The van der Waals surface area contributed by atoms with E-state index in [9.17, 15) is 19.1 Å². The number of aromatic nitrogens is 2. The number of aliphatic hydroxyl groups excluding tert-OH is 1. The van der Waals surface area contributed by atoms with Gasteiger partial charge < -0.3 is 9.84 Å². The molecule has 8 heteroatoms. The molecule has 3 aromatic rings. The molecule has 1 N–H and O–H groups in total. The monoisotopic (exact) mass is 405 g/mol. The fraction of sp³-hybridized carbons (Fsp3) is 0.0909. The molecule has 0 radical (unpaired) electrons. The van der Waals surface area contributed by atoms with E-state index < -0.39 is 29.3 Å². The summed E-state index contributed by atoms with van der Waals surface area (Å²) in [6, 6.07) is 10.8. The van der Waals surface area contributed by atoms with Crippen molar-refractivity contribution < 1.29 is 23.8 Å². The number of amides is 1. The Bertz CT molecular complexity index is 1150. The molecule has 1 fully saturated rings. The first kappa shape index (κ1) is 19.3. The summed E-state index contributed by atoms with van der Waals surface area (Å²) in [5, 5.41) is 11.0. The Kier molecular flexibility index (Phi) is 4.97. The lowest BCUT2D eigenvalue weighted by Crippen LogP contribution is -2.30. The standard InChI is InChI=1S/C22H16FN3O4/c1-30-16-8-7-14(23)11-15(16)20(27)18-19(13-5-4-9-24-12-13)26(22(29)21(18)28)17-6-2-3-10-25-17/h2-12,19,27H,1H3/b20-18+/t19-/m0/s1. The molecule has 1 aromatic carbocycles. The summed E-state index contributed by atoms with van der Waals surface area (Å²) in [5.41, 5.74) is 0.243. The maximum absolute atomic E-state index is 13.9. The van der Waals surface area contributed by atoms with Gasteiger partial charge in [0.25, 0.3) is 5.78 Å².